The Labute approximate surface area is 85.9 Å². The minimum atomic E-state index is -0.292. The highest BCUT2D eigenvalue weighted by molar-refractivity contribution is 7.01. The molecule has 0 unspecified atom stereocenters. The van der Waals surface area contributed by atoms with Crippen LogP contribution in [0.5, 0.6) is 0 Å². The van der Waals surface area contributed by atoms with E-state index in [1.54, 1.807) is 0 Å². The van der Waals surface area contributed by atoms with Crippen molar-refractivity contribution in [2.75, 3.05) is 13.1 Å². The van der Waals surface area contributed by atoms with Gasteiger partial charge >= 0.3 is 6.47 Å². The Morgan fingerprint density at radius 3 is 2.69 bits per heavy atom. The van der Waals surface area contributed by atoms with E-state index in [0.717, 1.165) is 31.7 Å². The van der Waals surface area contributed by atoms with Gasteiger partial charge in [0.25, 0.3) is 0 Å². The first-order chi connectivity index (χ1) is 6.27. The van der Waals surface area contributed by atoms with E-state index in [9.17, 15) is 0 Å². The first-order valence-electron chi connectivity index (χ1n) is 5.01. The summed E-state index contributed by atoms with van der Waals surface area (Å²) < 4.78 is 5.61. The number of hydrogen-bond acceptors (Lipinski definition) is 2. The predicted molar refractivity (Wildman–Crippen MR) is 57.5 cm³/mol. The van der Waals surface area contributed by atoms with Gasteiger partial charge in [0.05, 0.1) is 5.76 Å². The lowest BCUT2D eigenvalue weighted by molar-refractivity contribution is 0.347. The largest absolute Gasteiger partial charge is 0.561 e. The smallest absolute Gasteiger partial charge is 0.537 e. The first-order valence-corrected chi connectivity index (χ1v) is 5.45. The predicted octanol–water partition coefficient (Wildman–Crippen LogP) is 2.64. The van der Waals surface area contributed by atoms with Crippen LogP contribution in [-0.2, 0) is 4.65 Å². The summed E-state index contributed by atoms with van der Waals surface area (Å²) in [6, 6.07) is 0. The van der Waals surface area contributed by atoms with Crippen LogP contribution in [0.25, 0.3) is 0 Å². The Kier molecular flexibility index (Phi) is 4.67. The van der Waals surface area contributed by atoms with Gasteiger partial charge in [-0.25, -0.2) is 0 Å². The average molecular weight is 202 g/mol. The van der Waals surface area contributed by atoms with E-state index in [1.165, 1.54) is 6.42 Å². The molecular formula is C9H17BClNO. The highest BCUT2D eigenvalue weighted by Gasteiger charge is 2.24. The maximum Gasteiger partial charge on any atom is 0.561 e. The Morgan fingerprint density at radius 1 is 1.54 bits per heavy atom. The summed E-state index contributed by atoms with van der Waals surface area (Å²) in [4.78, 5) is 2.08. The third kappa shape index (κ3) is 3.24. The van der Waals surface area contributed by atoms with Gasteiger partial charge in [-0.15, -0.1) is 11.5 Å². The third-order valence-corrected chi connectivity index (χ3v) is 2.71. The van der Waals surface area contributed by atoms with Crippen molar-refractivity contribution in [3.8, 4) is 0 Å². The number of rotatable bonds is 5. The van der Waals surface area contributed by atoms with Gasteiger partial charge < -0.3 is 4.65 Å². The second-order valence-electron chi connectivity index (χ2n) is 3.19. The molecular weight excluding hydrogens is 184 g/mol. The standard InChI is InChI=1S/C9H17BClNO/c1-3-12(4-2)10(11)13-9-7-5-6-8-9/h7H,3-6,8H2,1-2H3. The molecule has 0 fully saturated rings. The molecule has 0 spiro atoms. The molecule has 0 aromatic heterocycles. The lowest BCUT2D eigenvalue weighted by Crippen LogP contribution is -2.37. The Hall–Kier alpha value is -0.145. The molecule has 0 N–H and O–H groups in total. The lowest BCUT2D eigenvalue weighted by atomic mass is 10.1. The van der Waals surface area contributed by atoms with Crippen LogP contribution in [0.15, 0.2) is 11.8 Å². The molecule has 2 nitrogen and oxygen atoms in total. The van der Waals surface area contributed by atoms with Crippen molar-refractivity contribution in [1.82, 2.24) is 4.81 Å². The fraction of sp³-hybridized carbons (Fsp3) is 0.778. The summed E-state index contributed by atoms with van der Waals surface area (Å²) in [5.41, 5.74) is 0. The molecule has 74 valence electrons. The molecule has 0 saturated heterocycles. The molecule has 0 bridgehead atoms. The lowest BCUT2D eigenvalue weighted by Gasteiger charge is -2.21. The second kappa shape index (κ2) is 5.56. The molecule has 0 aromatic carbocycles. The molecule has 0 radical (unpaired) electrons. The Morgan fingerprint density at radius 2 is 2.23 bits per heavy atom. The SMILES string of the molecule is CCN(CC)B(Cl)OC1=CCCC1. The normalized spacial score (nSPS) is 16.2. The van der Waals surface area contributed by atoms with Crippen LogP contribution in [0, 0.1) is 0 Å². The van der Waals surface area contributed by atoms with E-state index in [1.807, 2.05) is 0 Å². The van der Waals surface area contributed by atoms with E-state index < -0.39 is 0 Å². The minimum absolute atomic E-state index is 0.292. The zero-order chi connectivity index (χ0) is 9.68. The van der Waals surface area contributed by atoms with E-state index in [2.05, 4.69) is 24.7 Å². The van der Waals surface area contributed by atoms with Gasteiger partial charge in [0.1, 0.15) is 0 Å². The highest BCUT2D eigenvalue weighted by Crippen LogP contribution is 2.20. The van der Waals surface area contributed by atoms with Crippen LogP contribution in [0.3, 0.4) is 0 Å². The van der Waals surface area contributed by atoms with Crippen LogP contribution in [0.4, 0.5) is 0 Å². The number of nitrogens with zero attached hydrogens (tertiary/aromatic N) is 1. The van der Waals surface area contributed by atoms with Gasteiger partial charge in [-0.2, -0.15) is 0 Å². The van der Waals surface area contributed by atoms with Crippen molar-refractivity contribution < 1.29 is 4.65 Å². The summed E-state index contributed by atoms with van der Waals surface area (Å²) in [6.07, 6.45) is 5.53. The summed E-state index contributed by atoms with van der Waals surface area (Å²) in [5, 5.41) is 0. The van der Waals surface area contributed by atoms with E-state index in [4.69, 9.17) is 16.1 Å². The Balaban J connectivity index is 2.34. The minimum Gasteiger partial charge on any atom is -0.537 e. The maximum absolute atomic E-state index is 6.09. The molecule has 0 aromatic rings. The van der Waals surface area contributed by atoms with Gasteiger partial charge in [0.15, 0.2) is 0 Å². The van der Waals surface area contributed by atoms with Gasteiger partial charge in [-0.05, 0) is 32.0 Å². The van der Waals surface area contributed by atoms with E-state index in [0.29, 0.717) is 0 Å². The molecule has 1 aliphatic carbocycles. The monoisotopic (exact) mass is 201 g/mol. The van der Waals surface area contributed by atoms with Crippen molar-refractivity contribution in [2.24, 2.45) is 0 Å². The molecule has 1 rings (SSSR count). The van der Waals surface area contributed by atoms with Crippen molar-refractivity contribution in [2.45, 2.75) is 33.1 Å². The Bertz CT molecular complexity index is 182. The quantitative estimate of drug-likeness (QED) is 0.634. The van der Waals surface area contributed by atoms with Crippen molar-refractivity contribution in [3.63, 3.8) is 0 Å². The van der Waals surface area contributed by atoms with Crippen LogP contribution in [0.1, 0.15) is 33.1 Å². The molecule has 1 aliphatic rings. The van der Waals surface area contributed by atoms with Crippen molar-refractivity contribution in [3.05, 3.63) is 11.8 Å². The summed E-state index contributed by atoms with van der Waals surface area (Å²) in [5.74, 6) is 1.06. The molecule has 0 aliphatic heterocycles. The number of allylic oxidation sites excluding steroid dienone is 2. The summed E-state index contributed by atoms with van der Waals surface area (Å²) in [6.45, 7) is 5.74. The number of halogens is 1. The molecule has 0 atom stereocenters. The average Bonchev–Trinajstić information content (AvgIpc) is 2.59. The van der Waals surface area contributed by atoms with Gasteiger partial charge in [-0.1, -0.05) is 13.8 Å². The molecule has 0 heterocycles. The third-order valence-electron chi connectivity index (χ3n) is 2.35. The van der Waals surface area contributed by atoms with Crippen LogP contribution < -0.4 is 0 Å². The molecule has 0 amide bonds. The molecule has 13 heavy (non-hydrogen) atoms. The zero-order valence-electron chi connectivity index (χ0n) is 8.42. The maximum atomic E-state index is 6.09. The van der Waals surface area contributed by atoms with E-state index in [-0.39, 0.29) is 6.47 Å². The fourth-order valence-electron chi connectivity index (χ4n) is 1.46. The van der Waals surface area contributed by atoms with Gasteiger partial charge in [0.2, 0.25) is 0 Å². The first kappa shape index (κ1) is 10.9. The van der Waals surface area contributed by atoms with Gasteiger partial charge in [-0.3, -0.25) is 4.81 Å². The summed E-state index contributed by atoms with van der Waals surface area (Å²) >= 11 is 6.09. The zero-order valence-corrected chi connectivity index (χ0v) is 9.18. The van der Waals surface area contributed by atoms with Crippen LogP contribution in [-0.4, -0.2) is 24.4 Å². The van der Waals surface area contributed by atoms with E-state index >= 15 is 0 Å². The van der Waals surface area contributed by atoms with Crippen LogP contribution in [0.2, 0.25) is 0 Å². The highest BCUT2D eigenvalue weighted by atomic mass is 35.5. The van der Waals surface area contributed by atoms with Crippen molar-refractivity contribution >= 4 is 17.9 Å². The number of hydrogen-bond donors (Lipinski definition) is 0. The summed E-state index contributed by atoms with van der Waals surface area (Å²) in [7, 11) is 0. The molecule has 4 heteroatoms. The van der Waals surface area contributed by atoms with Crippen LogP contribution >= 0.6 is 11.5 Å². The van der Waals surface area contributed by atoms with Crippen molar-refractivity contribution in [1.29, 1.82) is 0 Å². The topological polar surface area (TPSA) is 12.5 Å². The second-order valence-corrected chi connectivity index (χ2v) is 3.57. The van der Waals surface area contributed by atoms with Gasteiger partial charge in [0, 0.05) is 6.42 Å². The molecule has 0 saturated carbocycles. The fourth-order valence-corrected chi connectivity index (χ4v) is 1.85.